The number of aromatic nitrogens is 1. The Bertz CT molecular complexity index is 541. The van der Waals surface area contributed by atoms with E-state index in [2.05, 4.69) is 9.83 Å². The van der Waals surface area contributed by atoms with Crippen LogP contribution in [0.1, 0.15) is 32.0 Å². The molecule has 1 aliphatic heterocycles. The number of carbonyl (C=O) groups is 1. The number of hydrogen-bond acceptors (Lipinski definition) is 3. The fourth-order valence-corrected chi connectivity index (χ4v) is 1.95. The highest BCUT2D eigenvalue weighted by Gasteiger charge is 2.27. The lowest BCUT2D eigenvalue weighted by Gasteiger charge is -2.29. The molecular formula is C14H17N3O2. The number of fused-ring (bicyclic) bond motifs is 1. The van der Waals surface area contributed by atoms with Crippen molar-refractivity contribution in [1.29, 1.82) is 0 Å². The highest BCUT2D eigenvalue weighted by molar-refractivity contribution is 5.68. The first-order valence-electron chi connectivity index (χ1n) is 6.23. The van der Waals surface area contributed by atoms with Gasteiger partial charge in [0, 0.05) is 18.5 Å². The van der Waals surface area contributed by atoms with Crippen molar-refractivity contribution in [1.82, 2.24) is 9.88 Å². The smallest absolute Gasteiger partial charge is 0.410 e. The Morgan fingerprint density at radius 2 is 2.21 bits per heavy atom. The van der Waals surface area contributed by atoms with E-state index >= 15 is 0 Å². The van der Waals surface area contributed by atoms with Crippen LogP contribution in [0.4, 0.5) is 10.6 Å². The van der Waals surface area contributed by atoms with Gasteiger partial charge in [-0.1, -0.05) is 12.6 Å². The van der Waals surface area contributed by atoms with Crippen LogP contribution in [-0.4, -0.2) is 28.1 Å². The molecule has 0 aliphatic carbocycles. The Morgan fingerprint density at radius 3 is 2.84 bits per heavy atom. The summed E-state index contributed by atoms with van der Waals surface area (Å²) in [7, 11) is 0. The van der Waals surface area contributed by atoms with Crippen LogP contribution in [0.2, 0.25) is 0 Å². The van der Waals surface area contributed by atoms with Crippen molar-refractivity contribution in [2.45, 2.75) is 39.3 Å². The second kappa shape index (κ2) is 4.88. The standard InChI is InChI=1S/C14H17N3O2/c1-14(2,3)19-13(18)17-8-7-11-10(9-17)5-6-12(15-4)16-11/h5-6H,7-9H2,1-3H3. The molecule has 19 heavy (non-hydrogen) atoms. The molecule has 2 heterocycles. The minimum atomic E-state index is -0.483. The molecule has 0 saturated carbocycles. The lowest BCUT2D eigenvalue weighted by Crippen LogP contribution is -2.40. The molecule has 0 radical (unpaired) electrons. The maximum Gasteiger partial charge on any atom is 0.410 e. The molecule has 1 aliphatic rings. The predicted octanol–water partition coefficient (Wildman–Crippen LogP) is 2.93. The van der Waals surface area contributed by atoms with E-state index in [1.807, 2.05) is 26.8 Å². The Kier molecular flexibility index (Phi) is 3.43. The minimum absolute atomic E-state index is 0.299. The van der Waals surface area contributed by atoms with E-state index in [9.17, 15) is 4.79 Å². The Hall–Kier alpha value is -2.09. The molecule has 0 unspecified atom stereocenters. The van der Waals surface area contributed by atoms with E-state index in [1.54, 1.807) is 11.0 Å². The molecule has 0 fully saturated rings. The monoisotopic (exact) mass is 259 g/mol. The lowest BCUT2D eigenvalue weighted by molar-refractivity contribution is 0.0223. The molecule has 100 valence electrons. The van der Waals surface area contributed by atoms with Crippen molar-refractivity contribution in [2.75, 3.05) is 6.54 Å². The fourth-order valence-electron chi connectivity index (χ4n) is 1.95. The van der Waals surface area contributed by atoms with Gasteiger partial charge in [-0.3, -0.25) is 0 Å². The first-order valence-corrected chi connectivity index (χ1v) is 6.23. The summed E-state index contributed by atoms with van der Waals surface area (Å²) in [5, 5.41) is 0. The van der Waals surface area contributed by atoms with Crippen LogP contribution >= 0.6 is 0 Å². The molecular weight excluding hydrogens is 242 g/mol. The molecule has 1 aromatic heterocycles. The summed E-state index contributed by atoms with van der Waals surface area (Å²) in [6.45, 7) is 13.6. The molecule has 1 aromatic rings. The SMILES string of the molecule is [C-]#[N+]c1ccc2c(n1)CCN(C(=O)OC(C)(C)C)C2. The summed E-state index contributed by atoms with van der Waals surface area (Å²) in [5.41, 5.74) is 1.42. The summed E-state index contributed by atoms with van der Waals surface area (Å²) in [6.07, 6.45) is 0.366. The molecule has 1 amide bonds. The fraction of sp³-hybridized carbons (Fsp3) is 0.500. The van der Waals surface area contributed by atoms with Gasteiger partial charge in [0.2, 0.25) is 0 Å². The van der Waals surface area contributed by atoms with E-state index in [0.29, 0.717) is 25.3 Å². The molecule has 0 aromatic carbocycles. The third-order valence-electron chi connectivity index (χ3n) is 2.80. The average Bonchev–Trinajstić information content (AvgIpc) is 2.35. The van der Waals surface area contributed by atoms with Crippen molar-refractivity contribution >= 4 is 11.9 Å². The molecule has 2 rings (SSSR count). The number of rotatable bonds is 0. The van der Waals surface area contributed by atoms with E-state index in [0.717, 1.165) is 11.3 Å². The number of carbonyl (C=O) groups excluding carboxylic acids is 1. The van der Waals surface area contributed by atoms with Gasteiger partial charge >= 0.3 is 6.09 Å². The third kappa shape index (κ3) is 3.22. The van der Waals surface area contributed by atoms with Gasteiger partial charge in [-0.2, -0.15) is 0 Å². The van der Waals surface area contributed by atoms with Crippen LogP contribution < -0.4 is 0 Å². The Balaban J connectivity index is 2.11. The number of pyridine rings is 1. The van der Waals surface area contributed by atoms with E-state index in [1.165, 1.54) is 0 Å². The van der Waals surface area contributed by atoms with Crippen LogP contribution in [0.3, 0.4) is 0 Å². The maximum atomic E-state index is 12.0. The molecule has 0 bridgehead atoms. The topological polar surface area (TPSA) is 46.8 Å². The van der Waals surface area contributed by atoms with Gasteiger partial charge in [0.15, 0.2) is 0 Å². The van der Waals surface area contributed by atoms with Gasteiger partial charge in [0.1, 0.15) is 11.3 Å². The van der Waals surface area contributed by atoms with Crippen LogP contribution in [0.15, 0.2) is 12.1 Å². The first kappa shape index (κ1) is 13.3. The number of ether oxygens (including phenoxy) is 1. The lowest BCUT2D eigenvalue weighted by atomic mass is 10.1. The number of hydrogen-bond donors (Lipinski definition) is 0. The van der Waals surface area contributed by atoms with Gasteiger partial charge < -0.3 is 14.5 Å². The molecule has 5 nitrogen and oxygen atoms in total. The van der Waals surface area contributed by atoms with Gasteiger partial charge in [-0.25, -0.2) is 4.79 Å². The third-order valence-corrected chi connectivity index (χ3v) is 2.80. The van der Waals surface area contributed by atoms with Crippen LogP contribution in [0.25, 0.3) is 4.85 Å². The second-order valence-corrected chi connectivity index (χ2v) is 5.54. The van der Waals surface area contributed by atoms with E-state index in [4.69, 9.17) is 11.3 Å². The normalized spacial score (nSPS) is 14.5. The van der Waals surface area contributed by atoms with Crippen molar-refractivity contribution in [3.8, 4) is 0 Å². The quantitative estimate of drug-likeness (QED) is 0.673. The average molecular weight is 259 g/mol. The van der Waals surface area contributed by atoms with Crippen LogP contribution in [-0.2, 0) is 17.7 Å². The van der Waals surface area contributed by atoms with E-state index < -0.39 is 5.60 Å². The summed E-state index contributed by atoms with van der Waals surface area (Å²) in [6, 6.07) is 3.55. The van der Waals surface area contributed by atoms with Gasteiger partial charge in [-0.05, 0) is 26.8 Å². The second-order valence-electron chi connectivity index (χ2n) is 5.54. The summed E-state index contributed by atoms with van der Waals surface area (Å²) >= 11 is 0. The molecule has 5 heteroatoms. The van der Waals surface area contributed by atoms with Gasteiger partial charge in [0.05, 0.1) is 6.54 Å². The van der Waals surface area contributed by atoms with Crippen molar-refractivity contribution in [2.24, 2.45) is 0 Å². The summed E-state index contributed by atoms with van der Waals surface area (Å²) in [4.78, 5) is 21.2. The van der Waals surface area contributed by atoms with Crippen LogP contribution in [0.5, 0.6) is 0 Å². The largest absolute Gasteiger partial charge is 0.444 e. The van der Waals surface area contributed by atoms with E-state index in [-0.39, 0.29) is 6.09 Å². The zero-order valence-electron chi connectivity index (χ0n) is 11.4. The highest BCUT2D eigenvalue weighted by Crippen LogP contribution is 2.22. The number of amides is 1. The molecule has 0 spiro atoms. The molecule has 0 atom stereocenters. The van der Waals surface area contributed by atoms with Crippen molar-refractivity contribution in [3.05, 3.63) is 34.8 Å². The van der Waals surface area contributed by atoms with Crippen molar-refractivity contribution < 1.29 is 9.53 Å². The van der Waals surface area contributed by atoms with Crippen molar-refractivity contribution in [3.63, 3.8) is 0 Å². The predicted molar refractivity (Wildman–Crippen MR) is 70.8 cm³/mol. The summed E-state index contributed by atoms with van der Waals surface area (Å²) in [5.74, 6) is 0.407. The minimum Gasteiger partial charge on any atom is -0.444 e. The molecule has 0 saturated heterocycles. The Labute approximate surface area is 113 Å². The zero-order valence-corrected chi connectivity index (χ0v) is 11.4. The molecule has 0 N–H and O–H groups in total. The zero-order chi connectivity index (χ0) is 14.0. The number of nitrogens with zero attached hydrogens (tertiary/aromatic N) is 3. The Morgan fingerprint density at radius 1 is 1.47 bits per heavy atom. The van der Waals surface area contributed by atoms with Gasteiger partial charge in [-0.15, -0.1) is 4.98 Å². The highest BCUT2D eigenvalue weighted by atomic mass is 16.6. The maximum absolute atomic E-state index is 12.0. The first-order chi connectivity index (χ1) is 8.89. The summed E-state index contributed by atoms with van der Waals surface area (Å²) < 4.78 is 5.36. The van der Waals surface area contributed by atoms with Crippen LogP contribution in [0, 0.1) is 6.57 Å². The van der Waals surface area contributed by atoms with Gasteiger partial charge in [0.25, 0.3) is 5.82 Å².